The average Bonchev–Trinajstić information content (AvgIpc) is 2.70. The highest BCUT2D eigenvalue weighted by molar-refractivity contribution is 6.39. The molecule has 1 N–H and O–H groups in total. The SMILES string of the molecule is Cc1ccc(N2C(=O)NC(=O)/C(=C\c3ccc4c(c3)C(C)CC(C)(C)N4C)C2=O)cc1. The molecule has 0 aliphatic carbocycles. The Balaban J connectivity index is 1.72. The Morgan fingerprint density at radius 2 is 1.74 bits per heavy atom. The van der Waals surface area contributed by atoms with Crippen LogP contribution in [0.15, 0.2) is 48.0 Å². The molecule has 160 valence electrons. The van der Waals surface area contributed by atoms with Crippen LogP contribution in [0.4, 0.5) is 16.2 Å². The van der Waals surface area contributed by atoms with Crippen molar-refractivity contribution in [2.45, 2.75) is 45.6 Å². The summed E-state index contributed by atoms with van der Waals surface area (Å²) >= 11 is 0. The summed E-state index contributed by atoms with van der Waals surface area (Å²) in [5, 5.41) is 2.28. The lowest BCUT2D eigenvalue weighted by Gasteiger charge is -2.45. The molecule has 6 heteroatoms. The number of rotatable bonds is 2. The van der Waals surface area contributed by atoms with Crippen LogP contribution in [0.2, 0.25) is 0 Å². The summed E-state index contributed by atoms with van der Waals surface area (Å²) in [6.07, 6.45) is 2.57. The van der Waals surface area contributed by atoms with Crippen molar-refractivity contribution in [1.29, 1.82) is 0 Å². The lowest BCUT2D eigenvalue weighted by atomic mass is 9.80. The van der Waals surface area contributed by atoms with Gasteiger partial charge in [-0.15, -0.1) is 0 Å². The molecule has 0 saturated carbocycles. The third-order valence-electron chi connectivity index (χ3n) is 6.36. The summed E-state index contributed by atoms with van der Waals surface area (Å²) in [7, 11) is 2.09. The first-order chi connectivity index (χ1) is 14.6. The van der Waals surface area contributed by atoms with Gasteiger partial charge in [0.25, 0.3) is 11.8 Å². The van der Waals surface area contributed by atoms with E-state index in [1.807, 2.05) is 37.3 Å². The number of benzene rings is 2. The van der Waals surface area contributed by atoms with Gasteiger partial charge in [-0.3, -0.25) is 14.9 Å². The van der Waals surface area contributed by atoms with Gasteiger partial charge in [-0.25, -0.2) is 9.69 Å². The lowest BCUT2D eigenvalue weighted by Crippen LogP contribution is -2.54. The predicted octanol–water partition coefficient (Wildman–Crippen LogP) is 4.38. The Hall–Kier alpha value is -3.41. The van der Waals surface area contributed by atoms with Crippen molar-refractivity contribution in [1.82, 2.24) is 5.32 Å². The minimum absolute atomic E-state index is 0.0561. The van der Waals surface area contributed by atoms with E-state index >= 15 is 0 Å². The molecule has 2 heterocycles. The van der Waals surface area contributed by atoms with Gasteiger partial charge in [0.2, 0.25) is 0 Å². The van der Waals surface area contributed by atoms with Crippen LogP contribution in [0, 0.1) is 6.92 Å². The molecule has 0 radical (unpaired) electrons. The zero-order valence-electron chi connectivity index (χ0n) is 18.5. The molecule has 1 unspecified atom stereocenters. The van der Waals surface area contributed by atoms with Crippen molar-refractivity contribution in [3.05, 3.63) is 64.7 Å². The first-order valence-electron chi connectivity index (χ1n) is 10.4. The normalized spacial score (nSPS) is 21.9. The molecule has 4 rings (SSSR count). The summed E-state index contributed by atoms with van der Waals surface area (Å²) in [5.74, 6) is -0.954. The van der Waals surface area contributed by atoms with Crippen LogP contribution in [-0.4, -0.2) is 30.4 Å². The maximum Gasteiger partial charge on any atom is 0.335 e. The number of imide groups is 2. The number of barbiturate groups is 1. The number of hydrogen-bond acceptors (Lipinski definition) is 4. The number of anilines is 2. The number of nitrogens with one attached hydrogen (secondary N) is 1. The van der Waals surface area contributed by atoms with E-state index in [4.69, 9.17) is 0 Å². The fourth-order valence-electron chi connectivity index (χ4n) is 4.44. The molecule has 0 aromatic heterocycles. The summed E-state index contributed by atoms with van der Waals surface area (Å²) < 4.78 is 0. The Morgan fingerprint density at radius 1 is 1.06 bits per heavy atom. The van der Waals surface area contributed by atoms with E-state index < -0.39 is 17.8 Å². The zero-order chi connectivity index (χ0) is 22.5. The van der Waals surface area contributed by atoms with E-state index in [9.17, 15) is 14.4 Å². The molecule has 2 aliphatic heterocycles. The monoisotopic (exact) mass is 417 g/mol. The van der Waals surface area contributed by atoms with Crippen molar-refractivity contribution < 1.29 is 14.4 Å². The largest absolute Gasteiger partial charge is 0.369 e. The average molecular weight is 418 g/mol. The van der Waals surface area contributed by atoms with Crippen molar-refractivity contribution in [3.8, 4) is 0 Å². The van der Waals surface area contributed by atoms with E-state index in [-0.39, 0.29) is 11.1 Å². The van der Waals surface area contributed by atoms with Gasteiger partial charge in [0, 0.05) is 18.3 Å². The minimum Gasteiger partial charge on any atom is -0.369 e. The quantitative estimate of drug-likeness (QED) is 0.581. The number of carbonyl (C=O) groups is 3. The number of hydrogen-bond donors (Lipinski definition) is 1. The van der Waals surface area contributed by atoms with Gasteiger partial charge in [-0.2, -0.15) is 0 Å². The number of fused-ring (bicyclic) bond motifs is 1. The van der Waals surface area contributed by atoms with Crippen LogP contribution in [0.3, 0.4) is 0 Å². The molecular formula is C25H27N3O3. The second-order valence-corrected chi connectivity index (χ2v) is 9.09. The molecule has 2 aromatic rings. The van der Waals surface area contributed by atoms with Gasteiger partial charge >= 0.3 is 6.03 Å². The Kier molecular flexibility index (Phi) is 4.96. The molecule has 0 bridgehead atoms. The highest BCUT2D eigenvalue weighted by Crippen LogP contribution is 2.42. The fourth-order valence-corrected chi connectivity index (χ4v) is 4.44. The smallest absolute Gasteiger partial charge is 0.335 e. The maximum absolute atomic E-state index is 13.1. The lowest BCUT2D eigenvalue weighted by molar-refractivity contribution is -0.122. The van der Waals surface area contributed by atoms with Gasteiger partial charge in [-0.1, -0.05) is 30.7 Å². The molecule has 31 heavy (non-hydrogen) atoms. The van der Waals surface area contributed by atoms with Crippen molar-refractivity contribution >= 4 is 35.3 Å². The van der Waals surface area contributed by atoms with Gasteiger partial charge in [0.05, 0.1) is 5.69 Å². The fraction of sp³-hybridized carbons (Fsp3) is 0.320. The number of nitrogens with zero attached hydrogens (tertiary/aromatic N) is 2. The zero-order valence-corrected chi connectivity index (χ0v) is 18.5. The van der Waals surface area contributed by atoms with Crippen molar-refractivity contribution in [2.75, 3.05) is 16.8 Å². The molecule has 6 nitrogen and oxygen atoms in total. The maximum atomic E-state index is 13.1. The molecule has 1 fully saturated rings. The Morgan fingerprint density at radius 3 is 2.42 bits per heavy atom. The van der Waals surface area contributed by atoms with Crippen molar-refractivity contribution in [3.63, 3.8) is 0 Å². The highest BCUT2D eigenvalue weighted by atomic mass is 16.2. The third kappa shape index (κ3) is 3.63. The molecule has 0 spiro atoms. The van der Waals surface area contributed by atoms with Gasteiger partial charge in [0.15, 0.2) is 0 Å². The molecule has 1 atom stereocenters. The van der Waals surface area contributed by atoms with Gasteiger partial charge in [0.1, 0.15) is 5.57 Å². The van der Waals surface area contributed by atoms with Crippen molar-refractivity contribution in [2.24, 2.45) is 0 Å². The van der Waals surface area contributed by atoms with Gasteiger partial charge < -0.3 is 4.90 Å². The predicted molar refractivity (Wildman–Crippen MR) is 122 cm³/mol. The summed E-state index contributed by atoms with van der Waals surface area (Å²) in [6, 6.07) is 12.3. The van der Waals surface area contributed by atoms with E-state index in [0.717, 1.165) is 28.1 Å². The van der Waals surface area contributed by atoms with Crippen LogP contribution in [0.1, 0.15) is 49.8 Å². The second-order valence-electron chi connectivity index (χ2n) is 9.09. The van der Waals surface area contributed by atoms with E-state index in [1.165, 1.54) is 5.56 Å². The van der Waals surface area contributed by atoms with Crippen LogP contribution < -0.4 is 15.1 Å². The standard InChI is InChI=1S/C25H27N3O3/c1-15-6-9-18(10-7-15)28-23(30)20(22(29)26-24(28)31)13-17-8-11-21-19(12-17)16(2)14-25(3,4)27(21)5/h6-13,16H,14H2,1-5H3,(H,26,29,31)/b20-13+. The Bertz CT molecular complexity index is 1120. The molecule has 1 saturated heterocycles. The van der Waals surface area contributed by atoms with Gasteiger partial charge in [-0.05, 0) is 74.6 Å². The van der Waals surface area contributed by atoms with Crippen LogP contribution in [0.5, 0.6) is 0 Å². The third-order valence-corrected chi connectivity index (χ3v) is 6.36. The van der Waals surface area contributed by atoms with E-state index in [1.54, 1.807) is 18.2 Å². The van der Waals surface area contributed by atoms with Crippen LogP contribution in [-0.2, 0) is 9.59 Å². The summed E-state index contributed by atoms with van der Waals surface area (Å²) in [5.41, 5.74) is 4.53. The molecule has 2 aromatic carbocycles. The summed E-state index contributed by atoms with van der Waals surface area (Å²) in [4.78, 5) is 41.2. The number of urea groups is 1. The minimum atomic E-state index is -0.737. The first kappa shape index (κ1) is 20.8. The molecule has 4 amide bonds. The van der Waals surface area contributed by atoms with Crippen LogP contribution >= 0.6 is 0 Å². The number of aryl methyl sites for hydroxylation is 1. The van der Waals surface area contributed by atoms with E-state index in [2.05, 4.69) is 38.0 Å². The van der Waals surface area contributed by atoms with Crippen LogP contribution in [0.25, 0.3) is 6.08 Å². The molecular weight excluding hydrogens is 390 g/mol. The molecule has 2 aliphatic rings. The topological polar surface area (TPSA) is 69.7 Å². The first-order valence-corrected chi connectivity index (χ1v) is 10.4. The number of carbonyl (C=O) groups excluding carboxylic acids is 3. The highest BCUT2D eigenvalue weighted by Gasteiger charge is 2.37. The second kappa shape index (κ2) is 7.38. The van der Waals surface area contributed by atoms with E-state index in [0.29, 0.717) is 11.6 Å². The number of amides is 4. The summed E-state index contributed by atoms with van der Waals surface area (Å²) in [6.45, 7) is 8.57. The Labute approximate surface area is 182 Å².